The third-order valence-corrected chi connectivity index (χ3v) is 10.6. The van der Waals surface area contributed by atoms with Crippen molar-refractivity contribution < 1.29 is 0 Å². The van der Waals surface area contributed by atoms with Gasteiger partial charge in [0.2, 0.25) is 0 Å². The lowest BCUT2D eigenvalue weighted by Gasteiger charge is -2.33. The Morgan fingerprint density at radius 3 is 1.26 bits per heavy atom. The SMILES string of the molecule is CC(C)(C)c1ccc(-c2cccc3c2C=C(C2(C4=Cc5c(cccc5-c5ccc(C(C)(C)C)cc5)C4)CCCC2)C3)cc1. The Labute approximate surface area is 259 Å². The van der Waals surface area contributed by atoms with Crippen LogP contribution in [0.25, 0.3) is 34.4 Å². The zero-order chi connectivity index (χ0) is 30.0. The third kappa shape index (κ3) is 4.94. The molecule has 0 saturated heterocycles. The zero-order valence-electron chi connectivity index (χ0n) is 27.0. The van der Waals surface area contributed by atoms with E-state index in [-0.39, 0.29) is 16.2 Å². The number of benzene rings is 4. The van der Waals surface area contributed by atoms with Crippen LogP contribution in [0.5, 0.6) is 0 Å². The van der Waals surface area contributed by atoms with Gasteiger partial charge in [0.15, 0.2) is 0 Å². The van der Waals surface area contributed by atoms with Crippen LogP contribution < -0.4 is 0 Å². The van der Waals surface area contributed by atoms with Crippen LogP contribution in [0, 0.1) is 5.41 Å². The molecule has 0 nitrogen and oxygen atoms in total. The van der Waals surface area contributed by atoms with E-state index in [2.05, 4.69) is 139 Å². The van der Waals surface area contributed by atoms with Gasteiger partial charge in [0.05, 0.1) is 0 Å². The normalized spacial score (nSPS) is 17.4. The van der Waals surface area contributed by atoms with Gasteiger partial charge in [-0.2, -0.15) is 0 Å². The van der Waals surface area contributed by atoms with Crippen molar-refractivity contribution in [1.82, 2.24) is 0 Å². The lowest BCUT2D eigenvalue weighted by Crippen LogP contribution is -2.22. The van der Waals surface area contributed by atoms with Crippen LogP contribution in [0.2, 0.25) is 0 Å². The van der Waals surface area contributed by atoms with Crippen molar-refractivity contribution >= 4 is 12.2 Å². The van der Waals surface area contributed by atoms with E-state index < -0.39 is 0 Å². The molecule has 0 N–H and O–H groups in total. The van der Waals surface area contributed by atoms with E-state index in [4.69, 9.17) is 0 Å². The van der Waals surface area contributed by atoms with Gasteiger partial charge in [-0.3, -0.25) is 0 Å². The summed E-state index contributed by atoms with van der Waals surface area (Å²) in [6.07, 6.45) is 12.6. The number of fused-ring (bicyclic) bond motifs is 2. The molecule has 0 bridgehead atoms. The van der Waals surface area contributed by atoms with Gasteiger partial charge in [0.25, 0.3) is 0 Å². The number of allylic oxidation sites excluding steroid dienone is 2. The van der Waals surface area contributed by atoms with E-state index in [9.17, 15) is 0 Å². The van der Waals surface area contributed by atoms with Crippen LogP contribution in [0.1, 0.15) is 101 Å². The van der Waals surface area contributed by atoms with E-state index in [1.807, 2.05) is 0 Å². The standard InChI is InChI=1S/C43H46/c1-41(2,3)33-19-15-29(16-20-33)37-13-9-11-31-25-35(27-39(31)37)43(23-7-8-24-43)36-26-32-12-10-14-38(40(32)28-36)30-17-21-34(22-18-30)42(4,5)6/h9-22,27-28H,7-8,23-26H2,1-6H3. The summed E-state index contributed by atoms with van der Waals surface area (Å²) in [4.78, 5) is 0. The summed E-state index contributed by atoms with van der Waals surface area (Å²) in [5, 5.41) is 0. The first kappa shape index (κ1) is 28.1. The summed E-state index contributed by atoms with van der Waals surface area (Å²) >= 11 is 0. The molecule has 0 spiro atoms. The molecule has 0 heteroatoms. The van der Waals surface area contributed by atoms with E-state index in [0.29, 0.717) is 0 Å². The fourth-order valence-electron chi connectivity index (χ4n) is 7.98. The van der Waals surface area contributed by atoms with Crippen molar-refractivity contribution in [3.8, 4) is 22.3 Å². The van der Waals surface area contributed by atoms with Crippen molar-refractivity contribution in [2.45, 2.75) is 90.9 Å². The van der Waals surface area contributed by atoms with Crippen molar-refractivity contribution in [2.24, 2.45) is 5.41 Å². The fourth-order valence-corrected chi connectivity index (χ4v) is 7.98. The van der Waals surface area contributed by atoms with E-state index in [1.165, 1.54) is 81.3 Å². The highest BCUT2D eigenvalue weighted by Gasteiger charge is 2.43. The molecular weight excluding hydrogens is 516 g/mol. The molecule has 3 aliphatic rings. The Bertz CT molecular complexity index is 1610. The Kier molecular flexibility index (Phi) is 6.69. The van der Waals surface area contributed by atoms with Gasteiger partial charge in [-0.25, -0.2) is 0 Å². The third-order valence-electron chi connectivity index (χ3n) is 10.6. The molecule has 4 aromatic carbocycles. The molecule has 0 radical (unpaired) electrons. The van der Waals surface area contributed by atoms with Crippen LogP contribution in [-0.4, -0.2) is 0 Å². The van der Waals surface area contributed by atoms with E-state index >= 15 is 0 Å². The predicted octanol–water partition coefficient (Wildman–Crippen LogP) is 11.8. The monoisotopic (exact) mass is 562 g/mol. The number of rotatable bonds is 4. The summed E-state index contributed by atoms with van der Waals surface area (Å²) in [6, 6.07) is 32.5. The van der Waals surface area contributed by atoms with Gasteiger partial charge < -0.3 is 0 Å². The van der Waals surface area contributed by atoms with Crippen molar-refractivity contribution in [1.29, 1.82) is 0 Å². The van der Waals surface area contributed by atoms with Crippen molar-refractivity contribution in [3.63, 3.8) is 0 Å². The molecule has 0 unspecified atom stereocenters. The van der Waals surface area contributed by atoms with Crippen LogP contribution in [0.4, 0.5) is 0 Å². The number of hydrogen-bond acceptors (Lipinski definition) is 0. The fraction of sp³-hybridized carbons (Fsp3) is 0.349. The molecule has 4 aromatic rings. The Hall–Kier alpha value is -3.64. The highest BCUT2D eigenvalue weighted by atomic mass is 14.5. The molecule has 0 aromatic heterocycles. The molecule has 1 fully saturated rings. The van der Waals surface area contributed by atoms with Crippen LogP contribution in [-0.2, 0) is 23.7 Å². The molecule has 1 saturated carbocycles. The first-order valence-electron chi connectivity index (χ1n) is 16.4. The molecule has 43 heavy (non-hydrogen) atoms. The summed E-state index contributed by atoms with van der Waals surface area (Å²) in [5.41, 5.74) is 17.9. The van der Waals surface area contributed by atoms with Gasteiger partial charge in [0, 0.05) is 5.41 Å². The molecular formula is C43H46. The molecule has 0 amide bonds. The second kappa shape index (κ2) is 10.2. The van der Waals surface area contributed by atoms with Crippen LogP contribution >= 0.6 is 0 Å². The lowest BCUT2D eigenvalue weighted by molar-refractivity contribution is 0.437. The zero-order valence-corrected chi connectivity index (χ0v) is 27.0. The summed E-state index contributed by atoms with van der Waals surface area (Å²) in [7, 11) is 0. The highest BCUT2D eigenvalue weighted by Crippen LogP contribution is 2.56. The molecule has 3 aliphatic carbocycles. The largest absolute Gasteiger partial charge is 0.0613 e. The minimum absolute atomic E-state index is 0.168. The highest BCUT2D eigenvalue weighted by molar-refractivity contribution is 5.84. The van der Waals surface area contributed by atoms with E-state index in [0.717, 1.165) is 12.8 Å². The Morgan fingerprint density at radius 1 is 0.488 bits per heavy atom. The maximum absolute atomic E-state index is 2.60. The van der Waals surface area contributed by atoms with Gasteiger partial charge in [-0.1, -0.05) is 163 Å². The average Bonchev–Trinajstić information content (AvgIpc) is 3.74. The van der Waals surface area contributed by atoms with Crippen molar-refractivity contribution in [3.05, 3.63) is 129 Å². The first-order valence-corrected chi connectivity index (χ1v) is 16.4. The molecule has 0 aliphatic heterocycles. The minimum atomic E-state index is 0.168. The van der Waals surface area contributed by atoms with Gasteiger partial charge in [0.1, 0.15) is 0 Å². The quantitative estimate of drug-likeness (QED) is 0.232. The summed E-state index contributed by atoms with van der Waals surface area (Å²) < 4.78 is 0. The maximum Gasteiger partial charge on any atom is 0.0134 e. The molecule has 0 atom stereocenters. The van der Waals surface area contributed by atoms with Gasteiger partial charge in [-0.05, 0) is 92.1 Å². The van der Waals surface area contributed by atoms with Crippen molar-refractivity contribution in [2.75, 3.05) is 0 Å². The number of hydrogen-bond donors (Lipinski definition) is 0. The Morgan fingerprint density at radius 2 is 0.884 bits per heavy atom. The average molecular weight is 563 g/mol. The first-order chi connectivity index (χ1) is 20.5. The van der Waals surface area contributed by atoms with Crippen LogP contribution in [0.15, 0.2) is 96.1 Å². The minimum Gasteiger partial charge on any atom is -0.0613 e. The second-order valence-electron chi connectivity index (χ2n) is 15.4. The van der Waals surface area contributed by atoms with E-state index in [1.54, 1.807) is 11.1 Å². The summed E-state index contributed by atoms with van der Waals surface area (Å²) in [5.74, 6) is 0. The maximum atomic E-state index is 2.60. The van der Waals surface area contributed by atoms with Gasteiger partial charge >= 0.3 is 0 Å². The molecule has 218 valence electrons. The van der Waals surface area contributed by atoms with Crippen LogP contribution in [0.3, 0.4) is 0 Å². The Balaban J connectivity index is 1.25. The molecule has 0 heterocycles. The predicted molar refractivity (Wildman–Crippen MR) is 185 cm³/mol. The topological polar surface area (TPSA) is 0 Å². The van der Waals surface area contributed by atoms with Gasteiger partial charge in [-0.15, -0.1) is 0 Å². The lowest BCUT2D eigenvalue weighted by atomic mass is 9.71. The molecule has 7 rings (SSSR count). The second-order valence-corrected chi connectivity index (χ2v) is 15.4. The smallest absolute Gasteiger partial charge is 0.0134 e. The summed E-state index contributed by atoms with van der Waals surface area (Å²) in [6.45, 7) is 13.7.